The molecule has 3 heterocycles. The number of nitrogens with zero attached hydrogens (tertiary/aromatic N) is 2. The predicted molar refractivity (Wildman–Crippen MR) is 160 cm³/mol. The minimum atomic E-state index is -3.57. The van der Waals surface area contributed by atoms with E-state index in [0.29, 0.717) is 44.6 Å². The van der Waals surface area contributed by atoms with Crippen LogP contribution in [0, 0.1) is 11.8 Å². The second-order valence-corrected chi connectivity index (χ2v) is 13.7. The van der Waals surface area contributed by atoms with E-state index in [1.807, 2.05) is 45.1 Å². The molecule has 1 aromatic rings. The average Bonchev–Trinajstić information content (AvgIpc) is 3.53. The maximum atomic E-state index is 13.1. The van der Waals surface area contributed by atoms with E-state index in [2.05, 4.69) is 5.32 Å². The molecule has 0 saturated carbocycles. The van der Waals surface area contributed by atoms with Crippen LogP contribution >= 0.6 is 0 Å². The number of amides is 1. The Morgan fingerprint density at radius 3 is 2.52 bits per heavy atom. The topological polar surface area (TPSA) is 125 Å². The average molecular weight is 604 g/mol. The minimum Gasteiger partial charge on any atom is -0.457 e. The molecule has 3 aliphatic heterocycles. The molecule has 42 heavy (non-hydrogen) atoms. The van der Waals surface area contributed by atoms with Gasteiger partial charge in [-0.25, -0.2) is 13.2 Å². The van der Waals surface area contributed by atoms with Gasteiger partial charge in [0.1, 0.15) is 12.2 Å². The second kappa shape index (κ2) is 14.6. The molecule has 0 bridgehead atoms. The molecule has 0 radical (unpaired) electrons. The van der Waals surface area contributed by atoms with Crippen molar-refractivity contribution in [3.05, 3.63) is 47.6 Å². The summed E-state index contributed by atoms with van der Waals surface area (Å²) in [5.74, 6) is -0.854. The number of ether oxygens (including phenoxy) is 2. The summed E-state index contributed by atoms with van der Waals surface area (Å²) >= 11 is 0. The highest BCUT2D eigenvalue weighted by molar-refractivity contribution is 7.89. The van der Waals surface area contributed by atoms with Crippen molar-refractivity contribution in [2.75, 3.05) is 39.3 Å². The zero-order valence-electron chi connectivity index (χ0n) is 24.9. The molecule has 0 spiro atoms. The van der Waals surface area contributed by atoms with Crippen molar-refractivity contribution in [1.29, 1.82) is 0 Å². The lowest BCUT2D eigenvalue weighted by atomic mass is 9.91. The summed E-state index contributed by atoms with van der Waals surface area (Å²) in [7, 11) is -3.57. The maximum absolute atomic E-state index is 13.1. The Bertz CT molecular complexity index is 1250. The van der Waals surface area contributed by atoms with E-state index >= 15 is 0 Å². The van der Waals surface area contributed by atoms with Crippen LogP contribution in [0.25, 0.3) is 6.08 Å². The number of rotatable bonds is 5. The number of hydrogen-bond acceptors (Lipinski definition) is 8. The summed E-state index contributed by atoms with van der Waals surface area (Å²) in [6.07, 6.45) is 5.73. The van der Waals surface area contributed by atoms with Crippen LogP contribution in [0.1, 0.15) is 58.4 Å². The van der Waals surface area contributed by atoms with Crippen LogP contribution in [0.15, 0.2) is 46.9 Å². The Labute approximate surface area is 249 Å². The van der Waals surface area contributed by atoms with Crippen molar-refractivity contribution in [2.45, 2.75) is 76.1 Å². The number of aliphatic hydroxyl groups is 1. The highest BCUT2D eigenvalue weighted by Crippen LogP contribution is 2.27. The molecule has 3 aliphatic rings. The van der Waals surface area contributed by atoms with Gasteiger partial charge in [-0.3, -0.25) is 4.79 Å². The third kappa shape index (κ3) is 8.43. The van der Waals surface area contributed by atoms with Gasteiger partial charge in [0.05, 0.1) is 17.4 Å². The Hall–Kier alpha value is -2.73. The SMILES string of the molecule is C/C(=C\c1cccc(S(=O)(=O)N2CCCC2)c1)[C@H]1OC(=O)C[C@H](O)CC[C@H](C)[C@@H](OC(=O)N2CCNCC2)/C=C\[C@@H]1C. The molecule has 0 aliphatic carbocycles. The Morgan fingerprint density at radius 1 is 1.10 bits per heavy atom. The van der Waals surface area contributed by atoms with E-state index in [0.717, 1.165) is 31.5 Å². The zero-order valence-corrected chi connectivity index (χ0v) is 25.7. The number of nitrogens with one attached hydrogen (secondary N) is 1. The molecule has 2 saturated heterocycles. The summed E-state index contributed by atoms with van der Waals surface area (Å²) < 4.78 is 39.6. The predicted octanol–water partition coefficient (Wildman–Crippen LogP) is 3.57. The van der Waals surface area contributed by atoms with E-state index < -0.39 is 34.3 Å². The second-order valence-electron chi connectivity index (χ2n) is 11.7. The molecule has 4 rings (SSSR count). The molecule has 10 nitrogen and oxygen atoms in total. The fourth-order valence-electron chi connectivity index (χ4n) is 5.68. The van der Waals surface area contributed by atoms with Crippen molar-refractivity contribution in [2.24, 2.45) is 11.8 Å². The van der Waals surface area contributed by atoms with Crippen molar-refractivity contribution in [3.8, 4) is 0 Å². The number of esters is 1. The van der Waals surface area contributed by atoms with Crippen LogP contribution in [-0.2, 0) is 24.3 Å². The summed E-state index contributed by atoms with van der Waals surface area (Å²) in [4.78, 5) is 27.7. The van der Waals surface area contributed by atoms with Gasteiger partial charge < -0.3 is 24.8 Å². The first kappa shape index (κ1) is 32.2. The van der Waals surface area contributed by atoms with E-state index in [1.165, 1.54) is 4.31 Å². The largest absolute Gasteiger partial charge is 0.457 e. The molecule has 0 aromatic heterocycles. The van der Waals surface area contributed by atoms with E-state index in [4.69, 9.17) is 9.47 Å². The lowest BCUT2D eigenvalue weighted by Gasteiger charge is -2.31. The number of carbonyl (C=O) groups excluding carboxylic acids is 2. The molecular weight excluding hydrogens is 558 g/mol. The number of carbonyl (C=O) groups is 2. The molecule has 2 fully saturated rings. The number of benzene rings is 1. The summed E-state index contributed by atoms with van der Waals surface area (Å²) in [6, 6.07) is 6.78. The molecule has 1 amide bonds. The maximum Gasteiger partial charge on any atom is 0.410 e. The van der Waals surface area contributed by atoms with Gasteiger partial charge in [-0.05, 0) is 67.9 Å². The van der Waals surface area contributed by atoms with E-state index in [9.17, 15) is 23.1 Å². The highest BCUT2D eigenvalue weighted by Gasteiger charge is 2.30. The fourth-order valence-corrected chi connectivity index (χ4v) is 7.25. The first-order valence-electron chi connectivity index (χ1n) is 15.0. The fraction of sp³-hybridized carbons (Fsp3) is 0.613. The smallest absolute Gasteiger partial charge is 0.410 e. The standard InChI is InChI=1S/C31H45N3O7S/c1-22-9-11-26(35)21-29(36)41-30(23(2)10-12-28(22)40-31(37)33-17-13-32-14-18-33)24(3)19-25-7-6-8-27(20-25)42(38,39)34-15-4-5-16-34/h6-8,10,12,19-20,22-23,26,28,30,32,35H,4-5,9,11,13-18,21H2,1-3H3/b12-10-,24-19+/t22-,23-,26+,28-,30-/m0/s1. The van der Waals surface area contributed by atoms with Gasteiger partial charge in [0.15, 0.2) is 0 Å². The lowest BCUT2D eigenvalue weighted by Crippen LogP contribution is -2.47. The third-order valence-electron chi connectivity index (χ3n) is 8.27. The van der Waals surface area contributed by atoms with Crippen LogP contribution in [0.4, 0.5) is 4.79 Å². The van der Waals surface area contributed by atoms with Gasteiger partial charge in [0, 0.05) is 45.2 Å². The van der Waals surface area contributed by atoms with Crippen LogP contribution in [-0.4, -0.2) is 92.4 Å². The Balaban J connectivity index is 1.57. The first-order chi connectivity index (χ1) is 20.0. The Kier molecular flexibility index (Phi) is 11.2. The van der Waals surface area contributed by atoms with Gasteiger partial charge >= 0.3 is 12.1 Å². The summed E-state index contributed by atoms with van der Waals surface area (Å²) in [5, 5.41) is 13.8. The number of hydrogen-bond donors (Lipinski definition) is 2. The van der Waals surface area contributed by atoms with Crippen LogP contribution in [0.2, 0.25) is 0 Å². The molecular formula is C31H45N3O7S. The summed E-state index contributed by atoms with van der Waals surface area (Å²) in [6.45, 7) is 9.41. The van der Waals surface area contributed by atoms with Gasteiger partial charge in [-0.1, -0.05) is 38.1 Å². The number of sulfonamides is 1. The van der Waals surface area contributed by atoms with Gasteiger partial charge in [-0.15, -0.1) is 0 Å². The van der Waals surface area contributed by atoms with Crippen LogP contribution < -0.4 is 5.32 Å². The quantitative estimate of drug-likeness (QED) is 0.387. The Morgan fingerprint density at radius 2 is 1.81 bits per heavy atom. The monoisotopic (exact) mass is 603 g/mol. The highest BCUT2D eigenvalue weighted by atomic mass is 32.2. The molecule has 232 valence electrons. The normalized spacial score (nSPS) is 29.7. The first-order valence-corrected chi connectivity index (χ1v) is 16.5. The zero-order chi connectivity index (χ0) is 30.3. The number of piperazine rings is 1. The number of cyclic esters (lactones) is 1. The van der Waals surface area contributed by atoms with Crippen molar-refractivity contribution in [3.63, 3.8) is 0 Å². The van der Waals surface area contributed by atoms with Crippen molar-refractivity contribution < 1.29 is 32.6 Å². The number of aliphatic hydroxyl groups excluding tert-OH is 1. The van der Waals surface area contributed by atoms with Crippen molar-refractivity contribution >= 4 is 28.2 Å². The van der Waals surface area contributed by atoms with Crippen molar-refractivity contribution in [1.82, 2.24) is 14.5 Å². The molecule has 11 heteroatoms. The van der Waals surface area contributed by atoms with Crippen LogP contribution in [0.5, 0.6) is 0 Å². The minimum absolute atomic E-state index is 0.0687. The third-order valence-corrected chi connectivity index (χ3v) is 10.2. The molecule has 1 aromatic carbocycles. The van der Waals surface area contributed by atoms with E-state index in [-0.39, 0.29) is 29.2 Å². The van der Waals surface area contributed by atoms with Gasteiger partial charge in [-0.2, -0.15) is 4.31 Å². The van der Waals surface area contributed by atoms with Gasteiger partial charge in [0.2, 0.25) is 10.0 Å². The van der Waals surface area contributed by atoms with E-state index in [1.54, 1.807) is 23.1 Å². The van der Waals surface area contributed by atoms with Crippen LogP contribution in [0.3, 0.4) is 0 Å². The van der Waals surface area contributed by atoms with Gasteiger partial charge in [0.25, 0.3) is 0 Å². The molecule has 2 N–H and O–H groups in total. The summed E-state index contributed by atoms with van der Waals surface area (Å²) in [5.41, 5.74) is 1.41. The lowest BCUT2D eigenvalue weighted by molar-refractivity contribution is -0.151. The molecule has 0 unspecified atom stereocenters. The molecule has 5 atom stereocenters.